The van der Waals surface area contributed by atoms with E-state index in [4.69, 9.17) is 4.74 Å². The number of methoxy groups -OCH3 is 1. The van der Waals surface area contributed by atoms with E-state index in [1.54, 1.807) is 4.90 Å². The van der Waals surface area contributed by atoms with Gasteiger partial charge in [-0.2, -0.15) is 5.10 Å². The number of hydrogen-bond acceptors (Lipinski definition) is 4. The summed E-state index contributed by atoms with van der Waals surface area (Å²) < 4.78 is 6.90. The molecule has 2 rings (SSSR count). The van der Waals surface area contributed by atoms with Crippen LogP contribution in [0.25, 0.3) is 0 Å². The highest BCUT2D eigenvalue weighted by Crippen LogP contribution is 2.32. The van der Waals surface area contributed by atoms with E-state index in [0.29, 0.717) is 19.4 Å². The molecule has 2 heterocycles. The highest BCUT2D eigenvalue weighted by atomic mass is 16.5. The lowest BCUT2D eigenvalue weighted by molar-refractivity contribution is -0.151. The van der Waals surface area contributed by atoms with Crippen LogP contribution in [0.3, 0.4) is 0 Å². The molecule has 1 saturated heterocycles. The topological polar surface area (TPSA) is 84.7 Å². The summed E-state index contributed by atoms with van der Waals surface area (Å²) >= 11 is 0. The van der Waals surface area contributed by atoms with Gasteiger partial charge in [-0.3, -0.25) is 14.3 Å². The Morgan fingerprint density at radius 1 is 1.48 bits per heavy atom. The maximum Gasteiger partial charge on any atom is 0.313 e. The van der Waals surface area contributed by atoms with Gasteiger partial charge in [0.25, 0.3) is 0 Å². The number of aryl methyl sites for hydroxylation is 2. The largest absolute Gasteiger partial charge is 0.481 e. The summed E-state index contributed by atoms with van der Waals surface area (Å²) in [6.07, 6.45) is 0.737. The number of nitrogens with zero attached hydrogens (tertiary/aromatic N) is 3. The Morgan fingerprint density at radius 3 is 2.70 bits per heavy atom. The minimum Gasteiger partial charge on any atom is -0.481 e. The third-order valence-electron chi connectivity index (χ3n) is 4.51. The smallest absolute Gasteiger partial charge is 0.313 e. The van der Waals surface area contributed by atoms with E-state index < -0.39 is 11.4 Å². The number of carbonyl (C=O) groups excluding carboxylic acids is 1. The zero-order chi connectivity index (χ0) is 17.2. The van der Waals surface area contributed by atoms with Crippen molar-refractivity contribution in [3.8, 4) is 0 Å². The van der Waals surface area contributed by atoms with Gasteiger partial charge in [-0.05, 0) is 33.3 Å². The maximum absolute atomic E-state index is 12.5. The molecular formula is C16H25N3O4. The number of amides is 1. The van der Waals surface area contributed by atoms with Gasteiger partial charge in [0, 0.05) is 32.3 Å². The average molecular weight is 323 g/mol. The van der Waals surface area contributed by atoms with E-state index in [-0.39, 0.29) is 25.1 Å². The predicted octanol–water partition coefficient (Wildman–Crippen LogP) is 1.40. The molecule has 7 nitrogen and oxygen atoms in total. The van der Waals surface area contributed by atoms with Crippen LogP contribution in [0.15, 0.2) is 6.07 Å². The Balaban J connectivity index is 2.02. The van der Waals surface area contributed by atoms with E-state index in [1.807, 2.05) is 31.5 Å². The number of rotatable bonds is 6. The third-order valence-corrected chi connectivity index (χ3v) is 4.51. The molecule has 128 valence electrons. The molecule has 1 aliphatic rings. The summed E-state index contributed by atoms with van der Waals surface area (Å²) in [4.78, 5) is 25.7. The molecule has 1 amide bonds. The van der Waals surface area contributed by atoms with Crippen LogP contribution in [0.2, 0.25) is 0 Å². The lowest BCUT2D eigenvalue weighted by Gasteiger charge is -2.24. The fourth-order valence-electron chi connectivity index (χ4n) is 3.28. The van der Waals surface area contributed by atoms with Gasteiger partial charge in [-0.25, -0.2) is 0 Å². The number of likely N-dealkylation sites (tertiary alicyclic amines) is 1. The Hall–Kier alpha value is -1.89. The molecular weight excluding hydrogens is 298 g/mol. The van der Waals surface area contributed by atoms with Crippen LogP contribution in [-0.2, 0) is 14.3 Å². The maximum atomic E-state index is 12.5. The highest BCUT2D eigenvalue weighted by Gasteiger charge is 2.46. The summed E-state index contributed by atoms with van der Waals surface area (Å²) in [7, 11) is 1.49. The molecule has 1 aromatic rings. The van der Waals surface area contributed by atoms with Crippen LogP contribution in [0, 0.1) is 19.3 Å². The standard InChI is InChI=1S/C16H25N3O4/c1-11-7-12(2)19(17-11)13(3)8-14(20)18-6-5-16(9-18,10-23-4)15(21)22/h7,13H,5-6,8-10H2,1-4H3,(H,21,22). The number of carboxylic acids is 1. The van der Waals surface area contributed by atoms with Gasteiger partial charge in [0.2, 0.25) is 5.91 Å². The number of aromatic nitrogens is 2. The zero-order valence-corrected chi connectivity index (χ0v) is 14.2. The number of aliphatic carboxylic acids is 1. The van der Waals surface area contributed by atoms with E-state index >= 15 is 0 Å². The molecule has 1 aromatic heterocycles. The average Bonchev–Trinajstić information content (AvgIpc) is 3.04. The van der Waals surface area contributed by atoms with Crippen LogP contribution in [-0.4, -0.2) is 58.5 Å². The number of carbonyl (C=O) groups is 2. The van der Waals surface area contributed by atoms with Crippen LogP contribution in [0.5, 0.6) is 0 Å². The van der Waals surface area contributed by atoms with Crippen molar-refractivity contribution >= 4 is 11.9 Å². The van der Waals surface area contributed by atoms with Crippen LogP contribution >= 0.6 is 0 Å². The molecule has 1 aliphatic heterocycles. The molecule has 0 radical (unpaired) electrons. The van der Waals surface area contributed by atoms with Crippen molar-refractivity contribution < 1.29 is 19.4 Å². The van der Waals surface area contributed by atoms with Gasteiger partial charge in [0.1, 0.15) is 5.41 Å². The van der Waals surface area contributed by atoms with E-state index in [2.05, 4.69) is 5.10 Å². The second-order valence-electron chi connectivity index (χ2n) is 6.51. The molecule has 2 unspecified atom stereocenters. The summed E-state index contributed by atoms with van der Waals surface area (Å²) in [6, 6.07) is 1.92. The van der Waals surface area contributed by atoms with Gasteiger partial charge >= 0.3 is 5.97 Å². The molecule has 0 aliphatic carbocycles. The Labute approximate surface area is 136 Å². The SMILES string of the molecule is COCC1(C(=O)O)CCN(C(=O)CC(C)n2nc(C)cc2C)C1. The molecule has 0 spiro atoms. The summed E-state index contributed by atoms with van der Waals surface area (Å²) in [6.45, 7) is 6.62. The molecule has 0 aromatic carbocycles. The summed E-state index contributed by atoms with van der Waals surface area (Å²) in [5.74, 6) is -0.939. The molecule has 7 heteroatoms. The third kappa shape index (κ3) is 3.55. The summed E-state index contributed by atoms with van der Waals surface area (Å²) in [5, 5.41) is 13.9. The highest BCUT2D eigenvalue weighted by molar-refractivity contribution is 5.81. The minimum atomic E-state index is -0.980. The predicted molar refractivity (Wildman–Crippen MR) is 84.2 cm³/mol. The molecule has 1 N–H and O–H groups in total. The molecule has 0 saturated carbocycles. The second kappa shape index (κ2) is 6.70. The molecule has 1 fully saturated rings. The number of hydrogen-bond donors (Lipinski definition) is 1. The van der Waals surface area contributed by atoms with E-state index in [9.17, 15) is 14.7 Å². The first-order valence-corrected chi connectivity index (χ1v) is 7.82. The van der Waals surface area contributed by atoms with Gasteiger partial charge in [-0.15, -0.1) is 0 Å². The van der Waals surface area contributed by atoms with Gasteiger partial charge < -0.3 is 14.7 Å². The van der Waals surface area contributed by atoms with Crippen molar-refractivity contribution in [1.82, 2.24) is 14.7 Å². The fourth-order valence-corrected chi connectivity index (χ4v) is 3.28. The van der Waals surface area contributed by atoms with Crippen molar-refractivity contribution in [1.29, 1.82) is 0 Å². The lowest BCUT2D eigenvalue weighted by Crippen LogP contribution is -2.40. The Morgan fingerprint density at radius 2 is 2.17 bits per heavy atom. The van der Waals surface area contributed by atoms with Crippen LogP contribution in [0.4, 0.5) is 0 Å². The van der Waals surface area contributed by atoms with Gasteiger partial charge in [0.15, 0.2) is 0 Å². The van der Waals surface area contributed by atoms with Gasteiger partial charge in [0.05, 0.1) is 18.3 Å². The first kappa shape index (κ1) is 17.5. The zero-order valence-electron chi connectivity index (χ0n) is 14.2. The first-order chi connectivity index (χ1) is 10.8. The summed E-state index contributed by atoms with van der Waals surface area (Å²) in [5.41, 5.74) is 0.961. The Kier molecular flexibility index (Phi) is 5.09. The second-order valence-corrected chi connectivity index (χ2v) is 6.51. The molecule has 23 heavy (non-hydrogen) atoms. The number of carboxylic acid groups (broad SMARTS) is 1. The van der Waals surface area contributed by atoms with Crippen molar-refractivity contribution in [3.05, 3.63) is 17.5 Å². The fraction of sp³-hybridized carbons (Fsp3) is 0.688. The lowest BCUT2D eigenvalue weighted by atomic mass is 9.88. The van der Waals surface area contributed by atoms with Crippen molar-refractivity contribution in [2.24, 2.45) is 5.41 Å². The van der Waals surface area contributed by atoms with E-state index in [1.165, 1.54) is 7.11 Å². The van der Waals surface area contributed by atoms with Crippen LogP contribution < -0.4 is 0 Å². The van der Waals surface area contributed by atoms with E-state index in [0.717, 1.165) is 11.4 Å². The molecule has 2 atom stereocenters. The Bertz CT molecular complexity index is 598. The van der Waals surface area contributed by atoms with Crippen molar-refractivity contribution in [2.75, 3.05) is 26.8 Å². The van der Waals surface area contributed by atoms with Crippen LogP contribution in [0.1, 0.15) is 37.2 Å². The quantitative estimate of drug-likeness (QED) is 0.855. The number of ether oxygens (including phenoxy) is 1. The first-order valence-electron chi connectivity index (χ1n) is 7.82. The minimum absolute atomic E-state index is 0.0377. The van der Waals surface area contributed by atoms with Crippen molar-refractivity contribution in [3.63, 3.8) is 0 Å². The monoisotopic (exact) mass is 323 g/mol. The molecule has 0 bridgehead atoms. The normalized spacial score (nSPS) is 22.3. The van der Waals surface area contributed by atoms with Crippen molar-refractivity contribution in [2.45, 2.75) is 39.7 Å². The van der Waals surface area contributed by atoms with Gasteiger partial charge in [-0.1, -0.05) is 0 Å².